The fourth-order valence-corrected chi connectivity index (χ4v) is 0.978. The molecule has 1 unspecified atom stereocenters. The predicted molar refractivity (Wildman–Crippen MR) is 51.5 cm³/mol. The number of rotatable bonds is 7. The van der Waals surface area contributed by atoms with Crippen molar-refractivity contribution >= 4 is 5.97 Å². The Balaban J connectivity index is 3.39. The van der Waals surface area contributed by atoms with E-state index in [-0.39, 0.29) is 6.42 Å². The number of carboxylic acids is 1. The van der Waals surface area contributed by atoms with Gasteiger partial charge in [0.1, 0.15) is 0 Å². The summed E-state index contributed by atoms with van der Waals surface area (Å²) in [5, 5.41) is 17.5. The average Bonchev–Trinajstić information content (AvgIpc) is 2.02. The Morgan fingerprint density at radius 2 is 2.15 bits per heavy atom. The van der Waals surface area contributed by atoms with Crippen LogP contribution in [0.15, 0.2) is 12.2 Å². The highest BCUT2D eigenvalue weighted by molar-refractivity contribution is 5.67. The Kier molecular flexibility index (Phi) is 7.30. The molecule has 2 N–H and O–H groups in total. The van der Waals surface area contributed by atoms with Crippen molar-refractivity contribution in [2.75, 3.05) is 0 Å². The highest BCUT2D eigenvalue weighted by Gasteiger charge is 2.06. The molecular formula is C10H18O3. The first kappa shape index (κ1) is 12.2. The molecule has 76 valence electrons. The normalized spacial score (nSPS) is 13.4. The fourth-order valence-electron chi connectivity index (χ4n) is 0.978. The molecule has 1 atom stereocenters. The molecule has 0 aliphatic carbocycles. The molecule has 0 saturated heterocycles. The third-order valence-corrected chi connectivity index (χ3v) is 1.71. The number of allylic oxidation sites excluding steroid dienone is 1. The van der Waals surface area contributed by atoms with E-state index < -0.39 is 12.1 Å². The van der Waals surface area contributed by atoms with Crippen LogP contribution in [-0.2, 0) is 4.79 Å². The second-order valence-corrected chi connectivity index (χ2v) is 3.10. The topological polar surface area (TPSA) is 57.5 Å². The molecule has 0 spiro atoms. The van der Waals surface area contributed by atoms with Gasteiger partial charge in [0.2, 0.25) is 0 Å². The summed E-state index contributed by atoms with van der Waals surface area (Å²) in [5.41, 5.74) is 0. The molecule has 3 nitrogen and oxygen atoms in total. The third-order valence-electron chi connectivity index (χ3n) is 1.71. The van der Waals surface area contributed by atoms with Gasteiger partial charge in [-0.25, -0.2) is 0 Å². The van der Waals surface area contributed by atoms with Gasteiger partial charge in [-0.1, -0.05) is 31.9 Å². The van der Waals surface area contributed by atoms with Gasteiger partial charge in [-0.3, -0.25) is 4.79 Å². The summed E-state index contributed by atoms with van der Waals surface area (Å²) in [6.45, 7) is 2.12. The molecule has 0 rings (SSSR count). The van der Waals surface area contributed by atoms with Gasteiger partial charge >= 0.3 is 5.97 Å². The molecule has 13 heavy (non-hydrogen) atoms. The number of carbonyl (C=O) groups is 1. The molecule has 0 saturated carbocycles. The van der Waals surface area contributed by atoms with Crippen LogP contribution in [0, 0.1) is 0 Å². The van der Waals surface area contributed by atoms with Crippen LogP contribution in [0.25, 0.3) is 0 Å². The highest BCUT2D eigenvalue weighted by Crippen LogP contribution is 2.01. The SMILES string of the molecule is CCCCC=CCC(O)CC(=O)O. The fraction of sp³-hybridized carbons (Fsp3) is 0.700. The maximum absolute atomic E-state index is 10.2. The van der Waals surface area contributed by atoms with Crippen molar-refractivity contribution in [2.24, 2.45) is 0 Å². The standard InChI is InChI=1S/C10H18O3/c1-2-3-4-5-6-7-9(11)8-10(12)13/h5-6,9,11H,2-4,7-8H2,1H3,(H,12,13). The van der Waals surface area contributed by atoms with Crippen LogP contribution in [0.5, 0.6) is 0 Å². The molecule has 0 fully saturated rings. The van der Waals surface area contributed by atoms with E-state index >= 15 is 0 Å². The lowest BCUT2D eigenvalue weighted by Crippen LogP contribution is -2.11. The van der Waals surface area contributed by atoms with E-state index in [0.717, 1.165) is 19.3 Å². The molecule has 0 aliphatic heterocycles. The monoisotopic (exact) mass is 186 g/mol. The van der Waals surface area contributed by atoms with Gasteiger partial charge in [-0.15, -0.1) is 0 Å². The van der Waals surface area contributed by atoms with E-state index in [1.54, 1.807) is 0 Å². The van der Waals surface area contributed by atoms with Crippen LogP contribution in [0.1, 0.15) is 39.0 Å². The quantitative estimate of drug-likeness (QED) is 0.472. The molecular weight excluding hydrogens is 168 g/mol. The lowest BCUT2D eigenvalue weighted by molar-refractivity contribution is -0.139. The van der Waals surface area contributed by atoms with Gasteiger partial charge in [0.25, 0.3) is 0 Å². The van der Waals surface area contributed by atoms with E-state index in [0.29, 0.717) is 6.42 Å². The number of aliphatic hydroxyl groups excluding tert-OH is 1. The summed E-state index contributed by atoms with van der Waals surface area (Å²) in [6, 6.07) is 0. The van der Waals surface area contributed by atoms with E-state index in [1.165, 1.54) is 0 Å². The van der Waals surface area contributed by atoms with Crippen LogP contribution in [0.3, 0.4) is 0 Å². The van der Waals surface area contributed by atoms with Crippen molar-refractivity contribution in [3.05, 3.63) is 12.2 Å². The Labute approximate surface area is 79.1 Å². The second-order valence-electron chi connectivity index (χ2n) is 3.10. The zero-order valence-electron chi connectivity index (χ0n) is 8.07. The van der Waals surface area contributed by atoms with Crippen molar-refractivity contribution in [1.29, 1.82) is 0 Å². The van der Waals surface area contributed by atoms with E-state index in [9.17, 15) is 4.79 Å². The minimum absolute atomic E-state index is 0.169. The Bertz CT molecular complexity index is 164. The van der Waals surface area contributed by atoms with Gasteiger partial charge in [0, 0.05) is 0 Å². The predicted octanol–water partition coefficient (Wildman–Crippen LogP) is 1.96. The lowest BCUT2D eigenvalue weighted by atomic mass is 10.1. The average molecular weight is 186 g/mol. The van der Waals surface area contributed by atoms with Crippen LogP contribution in [0.2, 0.25) is 0 Å². The summed E-state index contributed by atoms with van der Waals surface area (Å²) < 4.78 is 0. The highest BCUT2D eigenvalue weighted by atomic mass is 16.4. The molecule has 0 aromatic carbocycles. The number of hydrogen-bond donors (Lipinski definition) is 2. The van der Waals surface area contributed by atoms with Crippen LogP contribution < -0.4 is 0 Å². The minimum atomic E-state index is -0.950. The molecule has 0 bridgehead atoms. The minimum Gasteiger partial charge on any atom is -0.481 e. The van der Waals surface area contributed by atoms with Crippen molar-refractivity contribution in [1.82, 2.24) is 0 Å². The van der Waals surface area contributed by atoms with Gasteiger partial charge in [0.15, 0.2) is 0 Å². The second kappa shape index (κ2) is 7.80. The lowest BCUT2D eigenvalue weighted by Gasteiger charge is -2.02. The van der Waals surface area contributed by atoms with E-state index in [1.807, 2.05) is 12.2 Å². The van der Waals surface area contributed by atoms with E-state index in [4.69, 9.17) is 10.2 Å². The van der Waals surface area contributed by atoms with E-state index in [2.05, 4.69) is 6.92 Å². The first-order chi connectivity index (χ1) is 6.16. The summed E-state index contributed by atoms with van der Waals surface area (Å²) >= 11 is 0. The Hall–Kier alpha value is -0.830. The summed E-state index contributed by atoms with van der Waals surface area (Å²) in [4.78, 5) is 10.2. The summed E-state index contributed by atoms with van der Waals surface area (Å²) in [5.74, 6) is -0.950. The molecule has 0 aromatic rings. The van der Waals surface area contributed by atoms with Gasteiger partial charge < -0.3 is 10.2 Å². The molecule has 3 heteroatoms. The van der Waals surface area contributed by atoms with Crippen LogP contribution in [-0.4, -0.2) is 22.3 Å². The number of carboxylic acid groups (broad SMARTS) is 1. The van der Waals surface area contributed by atoms with Gasteiger partial charge in [-0.05, 0) is 12.8 Å². The zero-order valence-corrected chi connectivity index (χ0v) is 8.07. The van der Waals surface area contributed by atoms with Crippen molar-refractivity contribution in [3.63, 3.8) is 0 Å². The van der Waals surface area contributed by atoms with Crippen molar-refractivity contribution in [2.45, 2.75) is 45.1 Å². The van der Waals surface area contributed by atoms with Crippen LogP contribution >= 0.6 is 0 Å². The molecule has 0 radical (unpaired) electrons. The number of aliphatic hydroxyl groups is 1. The third kappa shape index (κ3) is 9.08. The first-order valence-corrected chi connectivity index (χ1v) is 4.71. The largest absolute Gasteiger partial charge is 0.481 e. The zero-order chi connectivity index (χ0) is 10.1. The number of unbranched alkanes of at least 4 members (excludes halogenated alkanes) is 2. The Morgan fingerprint density at radius 3 is 2.69 bits per heavy atom. The molecule has 0 aliphatic rings. The number of aliphatic carboxylic acids is 1. The maximum Gasteiger partial charge on any atom is 0.305 e. The van der Waals surface area contributed by atoms with Crippen LogP contribution in [0.4, 0.5) is 0 Å². The number of hydrogen-bond acceptors (Lipinski definition) is 2. The molecule has 0 heterocycles. The smallest absolute Gasteiger partial charge is 0.305 e. The summed E-state index contributed by atoms with van der Waals surface area (Å²) in [6.07, 6.45) is 6.69. The Morgan fingerprint density at radius 1 is 1.46 bits per heavy atom. The van der Waals surface area contributed by atoms with Gasteiger partial charge in [-0.2, -0.15) is 0 Å². The summed E-state index contributed by atoms with van der Waals surface area (Å²) in [7, 11) is 0. The molecule has 0 amide bonds. The maximum atomic E-state index is 10.2. The van der Waals surface area contributed by atoms with Crippen molar-refractivity contribution in [3.8, 4) is 0 Å². The van der Waals surface area contributed by atoms with Crippen molar-refractivity contribution < 1.29 is 15.0 Å². The molecule has 0 aromatic heterocycles. The first-order valence-electron chi connectivity index (χ1n) is 4.71. The van der Waals surface area contributed by atoms with Gasteiger partial charge in [0.05, 0.1) is 12.5 Å².